The molecule has 1 atom stereocenters. The second kappa shape index (κ2) is 9.05. The molecule has 5 nitrogen and oxygen atoms in total. The number of carbonyl (C=O) groups excluding carboxylic acids is 1. The third kappa shape index (κ3) is 5.22. The van der Waals surface area contributed by atoms with Crippen LogP contribution >= 0.6 is 23.5 Å². The van der Waals surface area contributed by atoms with Crippen LogP contribution < -0.4 is 10.1 Å². The molecule has 1 aromatic carbocycles. The zero-order valence-electron chi connectivity index (χ0n) is 17.2. The normalized spacial score (nSPS) is 12.6. The minimum absolute atomic E-state index is 0.193. The zero-order chi connectivity index (χ0) is 21.0. The highest BCUT2D eigenvalue weighted by Crippen LogP contribution is 2.26. The second-order valence-electron chi connectivity index (χ2n) is 7.19. The van der Waals surface area contributed by atoms with Crippen LogP contribution in [-0.4, -0.2) is 33.8 Å². The smallest absolute Gasteiger partial charge is 0.272 e. The third-order valence-electron chi connectivity index (χ3n) is 4.50. The molecule has 152 valence electrons. The van der Waals surface area contributed by atoms with Gasteiger partial charge in [0.05, 0.1) is 16.7 Å². The first-order chi connectivity index (χ1) is 13.8. The van der Waals surface area contributed by atoms with Gasteiger partial charge in [-0.15, -0.1) is 23.5 Å². The van der Waals surface area contributed by atoms with E-state index in [1.54, 1.807) is 11.8 Å². The molecule has 0 aliphatic rings. The van der Waals surface area contributed by atoms with Crippen LogP contribution in [0.25, 0.3) is 10.9 Å². The predicted molar refractivity (Wildman–Crippen MR) is 122 cm³/mol. The predicted octanol–water partition coefficient (Wildman–Crippen LogP) is 4.78. The summed E-state index contributed by atoms with van der Waals surface area (Å²) in [6.07, 6.45) is 5.73. The molecule has 29 heavy (non-hydrogen) atoms. The maximum Gasteiger partial charge on any atom is 0.272 e. The summed E-state index contributed by atoms with van der Waals surface area (Å²) in [5, 5.41) is 4.05. The van der Waals surface area contributed by atoms with E-state index in [0.717, 1.165) is 27.2 Å². The molecule has 1 amide bonds. The number of nitrogens with one attached hydrogen (secondary N) is 1. The van der Waals surface area contributed by atoms with Crippen molar-refractivity contribution in [3.63, 3.8) is 0 Å². The van der Waals surface area contributed by atoms with E-state index < -0.39 is 11.0 Å². The molecule has 1 N–H and O–H groups in total. The molecular weight excluding hydrogens is 402 g/mol. The van der Waals surface area contributed by atoms with Gasteiger partial charge in [-0.3, -0.25) is 14.8 Å². The van der Waals surface area contributed by atoms with Crippen molar-refractivity contribution in [3.8, 4) is 5.75 Å². The van der Waals surface area contributed by atoms with Gasteiger partial charge in [-0.2, -0.15) is 0 Å². The van der Waals surface area contributed by atoms with Gasteiger partial charge in [0.25, 0.3) is 5.91 Å². The Balaban J connectivity index is 1.76. The highest BCUT2D eigenvalue weighted by molar-refractivity contribution is 7.99. The van der Waals surface area contributed by atoms with Crippen LogP contribution in [0.15, 0.2) is 53.6 Å². The molecule has 3 rings (SSSR count). The van der Waals surface area contributed by atoms with Crippen LogP contribution in [0, 0.1) is 6.92 Å². The Morgan fingerprint density at radius 3 is 2.66 bits per heavy atom. The molecule has 7 heteroatoms. The molecule has 0 saturated carbocycles. The summed E-state index contributed by atoms with van der Waals surface area (Å²) in [5.41, 5.74) is 1.34. The quantitative estimate of drug-likeness (QED) is 0.432. The van der Waals surface area contributed by atoms with Crippen molar-refractivity contribution in [3.05, 3.63) is 60.0 Å². The average Bonchev–Trinajstić information content (AvgIpc) is 2.71. The summed E-state index contributed by atoms with van der Waals surface area (Å²) in [7, 11) is 0. The number of hydrogen-bond donors (Lipinski definition) is 1. The first-order valence-corrected chi connectivity index (χ1v) is 11.7. The molecule has 0 radical (unpaired) electrons. The van der Waals surface area contributed by atoms with Gasteiger partial charge in [-0.1, -0.05) is 6.07 Å². The molecule has 0 aliphatic carbocycles. The van der Waals surface area contributed by atoms with Crippen molar-refractivity contribution in [1.29, 1.82) is 0 Å². The molecule has 0 saturated heterocycles. The van der Waals surface area contributed by atoms with Gasteiger partial charge in [-0.25, -0.2) is 0 Å². The number of aryl methyl sites for hydroxylation is 1. The maximum absolute atomic E-state index is 12.9. The summed E-state index contributed by atoms with van der Waals surface area (Å²) >= 11 is 2.99. The Labute approximate surface area is 180 Å². The van der Waals surface area contributed by atoms with Gasteiger partial charge >= 0.3 is 0 Å². The lowest BCUT2D eigenvalue weighted by atomic mass is 9.99. The Morgan fingerprint density at radius 2 is 1.97 bits per heavy atom. The Bertz CT molecular complexity index is 1020. The minimum atomic E-state index is -0.673. The number of benzene rings is 1. The number of hydrogen-bond acceptors (Lipinski definition) is 6. The van der Waals surface area contributed by atoms with E-state index in [-0.39, 0.29) is 5.91 Å². The largest absolute Gasteiger partial charge is 0.470 e. The Kier molecular flexibility index (Phi) is 6.70. The molecule has 0 spiro atoms. The molecule has 0 fully saturated rings. The van der Waals surface area contributed by atoms with E-state index in [2.05, 4.69) is 21.4 Å². The van der Waals surface area contributed by atoms with Crippen LogP contribution in [-0.2, 0) is 10.3 Å². The number of ether oxygens (including phenoxy) is 1. The summed E-state index contributed by atoms with van der Waals surface area (Å²) < 4.78 is 6.01. The molecule has 0 aliphatic heterocycles. The van der Waals surface area contributed by atoms with Gasteiger partial charge in [-0.05, 0) is 69.7 Å². The van der Waals surface area contributed by atoms with E-state index in [4.69, 9.17) is 4.74 Å². The number of aromatic nitrogens is 2. The molecule has 2 heterocycles. The second-order valence-corrected chi connectivity index (χ2v) is 8.97. The van der Waals surface area contributed by atoms with Gasteiger partial charge in [0.1, 0.15) is 5.75 Å². The van der Waals surface area contributed by atoms with Gasteiger partial charge in [0, 0.05) is 22.2 Å². The number of thioether (sulfide) groups is 2. The number of fused-ring (bicyclic) bond motifs is 1. The molecule has 2 aromatic heterocycles. The Morgan fingerprint density at radius 1 is 1.17 bits per heavy atom. The van der Waals surface area contributed by atoms with E-state index in [1.165, 1.54) is 11.8 Å². The van der Waals surface area contributed by atoms with Crippen LogP contribution in [0.2, 0.25) is 0 Å². The van der Waals surface area contributed by atoms with Crippen molar-refractivity contribution >= 4 is 40.3 Å². The van der Waals surface area contributed by atoms with Crippen molar-refractivity contribution in [2.24, 2.45) is 0 Å². The molecular formula is C22H25N3O2S2. The zero-order valence-corrected chi connectivity index (χ0v) is 18.9. The van der Waals surface area contributed by atoms with Crippen molar-refractivity contribution < 1.29 is 9.53 Å². The van der Waals surface area contributed by atoms with Crippen molar-refractivity contribution in [1.82, 2.24) is 15.3 Å². The van der Waals surface area contributed by atoms with Gasteiger partial charge in [0.2, 0.25) is 5.44 Å². The fourth-order valence-electron chi connectivity index (χ4n) is 2.93. The van der Waals surface area contributed by atoms with Crippen molar-refractivity contribution in [2.75, 3.05) is 12.5 Å². The maximum atomic E-state index is 12.9. The topological polar surface area (TPSA) is 64.1 Å². The average molecular weight is 428 g/mol. The highest BCUT2D eigenvalue weighted by Gasteiger charge is 2.29. The highest BCUT2D eigenvalue weighted by atomic mass is 32.2. The lowest BCUT2D eigenvalue weighted by molar-refractivity contribution is -0.126. The van der Waals surface area contributed by atoms with Crippen LogP contribution in [0.3, 0.4) is 0 Å². The van der Waals surface area contributed by atoms with Gasteiger partial charge < -0.3 is 10.1 Å². The third-order valence-corrected chi connectivity index (χ3v) is 5.93. The van der Waals surface area contributed by atoms with Crippen molar-refractivity contribution in [2.45, 2.75) is 36.6 Å². The fourth-order valence-corrected chi connectivity index (χ4v) is 3.81. The number of carbonyl (C=O) groups is 1. The lowest BCUT2D eigenvalue weighted by Gasteiger charge is -2.28. The van der Waals surface area contributed by atoms with Gasteiger partial charge in [0.15, 0.2) is 0 Å². The van der Waals surface area contributed by atoms with E-state index in [1.807, 2.05) is 75.9 Å². The SMILES string of the molecule is CSc1cnc2ccc(OC(SC)C(=O)NC(C)(C)c3cccc(C)n3)cc2c1. The molecule has 0 bridgehead atoms. The fraction of sp³-hybridized carbons (Fsp3) is 0.318. The van der Waals surface area contributed by atoms with E-state index >= 15 is 0 Å². The van der Waals surface area contributed by atoms with Crippen LogP contribution in [0.4, 0.5) is 0 Å². The minimum Gasteiger partial charge on any atom is -0.470 e. The van der Waals surface area contributed by atoms with Crippen LogP contribution in [0.1, 0.15) is 25.2 Å². The first kappa shape index (κ1) is 21.5. The number of amides is 1. The van der Waals surface area contributed by atoms with E-state index in [0.29, 0.717) is 5.75 Å². The number of pyridine rings is 2. The number of rotatable bonds is 7. The monoisotopic (exact) mass is 427 g/mol. The summed E-state index contributed by atoms with van der Waals surface area (Å²) in [5.74, 6) is 0.445. The first-order valence-electron chi connectivity index (χ1n) is 9.22. The molecule has 3 aromatic rings. The summed E-state index contributed by atoms with van der Waals surface area (Å²) in [4.78, 5) is 23.0. The van der Waals surface area contributed by atoms with E-state index in [9.17, 15) is 4.79 Å². The Hall–Kier alpha value is -2.25. The lowest BCUT2D eigenvalue weighted by Crippen LogP contribution is -2.47. The standard InChI is InChI=1S/C22H25N3O2S2/c1-14-7-6-8-19(24-14)22(2,3)25-20(26)21(29-5)27-16-9-10-18-15(11-16)12-17(28-4)13-23-18/h6-13,21H,1-5H3,(H,25,26). The number of nitrogens with zero attached hydrogens (tertiary/aromatic N) is 2. The summed E-state index contributed by atoms with van der Waals surface area (Å²) in [6.45, 7) is 5.82. The molecule has 1 unspecified atom stereocenters. The van der Waals surface area contributed by atoms with Crippen LogP contribution in [0.5, 0.6) is 5.75 Å². The summed E-state index contributed by atoms with van der Waals surface area (Å²) in [6, 6.07) is 13.5.